The van der Waals surface area contributed by atoms with Gasteiger partial charge in [0.15, 0.2) is 0 Å². The molecule has 0 spiro atoms. The molecule has 0 unspecified atom stereocenters. The van der Waals surface area contributed by atoms with Gasteiger partial charge in [-0.05, 0) is 37.4 Å². The zero-order chi connectivity index (χ0) is 22.6. The molecule has 1 aromatic carbocycles. The van der Waals surface area contributed by atoms with Gasteiger partial charge in [-0.3, -0.25) is 4.98 Å². The largest absolute Gasteiger partial charge is 0.433 e. The number of nitrogens with zero attached hydrogens (tertiary/aromatic N) is 6. The summed E-state index contributed by atoms with van der Waals surface area (Å²) in [6.45, 7) is 8.08. The Morgan fingerprint density at radius 3 is 2.44 bits per heavy atom. The number of rotatable bonds is 2. The number of hydrogen-bond donors (Lipinski definition) is 0. The standard InChI is InChI=1S/C23H23F3N6/c1-15-18-5-4-17(31-10-8-29(2)9-11-31)13-20(18)32-22(30(15)3)14-19(28-32)16-6-7-27-21(12-16)23(24,25)26/h4-7,12-14H,1,8-11H2,2-3H3. The summed E-state index contributed by atoms with van der Waals surface area (Å²) >= 11 is 0. The number of piperazine rings is 1. The van der Waals surface area contributed by atoms with Crippen molar-refractivity contribution in [2.45, 2.75) is 6.18 Å². The molecule has 0 saturated carbocycles. The third kappa shape index (κ3) is 3.42. The van der Waals surface area contributed by atoms with E-state index in [0.29, 0.717) is 11.3 Å². The average Bonchev–Trinajstić information content (AvgIpc) is 3.23. The van der Waals surface area contributed by atoms with Crippen molar-refractivity contribution in [2.75, 3.05) is 50.1 Å². The summed E-state index contributed by atoms with van der Waals surface area (Å²) in [6.07, 6.45) is -3.34. The van der Waals surface area contributed by atoms with E-state index in [0.717, 1.165) is 60.7 Å². The molecule has 9 heteroatoms. The number of pyridine rings is 1. The monoisotopic (exact) mass is 440 g/mol. The quantitative estimate of drug-likeness (QED) is 0.600. The van der Waals surface area contributed by atoms with Gasteiger partial charge in [0.2, 0.25) is 0 Å². The van der Waals surface area contributed by atoms with E-state index in [1.165, 1.54) is 6.20 Å². The van der Waals surface area contributed by atoms with E-state index in [-0.39, 0.29) is 0 Å². The molecule has 1 fully saturated rings. The minimum atomic E-state index is -4.51. The Morgan fingerprint density at radius 1 is 0.969 bits per heavy atom. The van der Waals surface area contributed by atoms with Crippen LogP contribution in [0.5, 0.6) is 0 Å². The van der Waals surface area contributed by atoms with Gasteiger partial charge in [-0.15, -0.1) is 0 Å². The molecule has 166 valence electrons. The summed E-state index contributed by atoms with van der Waals surface area (Å²) < 4.78 is 41.2. The number of benzene rings is 1. The molecule has 32 heavy (non-hydrogen) atoms. The molecule has 0 radical (unpaired) electrons. The molecule has 6 nitrogen and oxygen atoms in total. The molecule has 0 amide bonds. The zero-order valence-electron chi connectivity index (χ0n) is 17.9. The Balaban J connectivity index is 1.58. The van der Waals surface area contributed by atoms with Gasteiger partial charge < -0.3 is 14.7 Å². The van der Waals surface area contributed by atoms with Crippen molar-refractivity contribution in [2.24, 2.45) is 0 Å². The van der Waals surface area contributed by atoms with Gasteiger partial charge in [-0.25, -0.2) is 4.68 Å². The summed E-state index contributed by atoms with van der Waals surface area (Å²) in [4.78, 5) is 10.00. The van der Waals surface area contributed by atoms with E-state index in [9.17, 15) is 13.2 Å². The molecule has 0 atom stereocenters. The molecule has 0 N–H and O–H groups in total. The fourth-order valence-electron chi connectivity index (χ4n) is 4.19. The van der Waals surface area contributed by atoms with Crippen LogP contribution in [-0.2, 0) is 6.18 Å². The Labute approximate surface area is 184 Å². The maximum absolute atomic E-state index is 13.2. The molecule has 1 saturated heterocycles. The Bertz CT molecular complexity index is 1190. The summed E-state index contributed by atoms with van der Waals surface area (Å²) in [5.41, 5.74) is 3.61. The summed E-state index contributed by atoms with van der Waals surface area (Å²) in [6, 6.07) is 10.6. The lowest BCUT2D eigenvalue weighted by Crippen LogP contribution is -2.44. The Hall–Kier alpha value is -3.33. The Morgan fingerprint density at radius 2 is 1.72 bits per heavy atom. The van der Waals surface area contributed by atoms with E-state index in [2.05, 4.69) is 45.6 Å². The van der Waals surface area contributed by atoms with E-state index in [1.54, 1.807) is 16.8 Å². The second kappa shape index (κ2) is 7.37. The van der Waals surface area contributed by atoms with Crippen molar-refractivity contribution in [3.8, 4) is 16.9 Å². The number of aromatic nitrogens is 3. The first kappa shape index (κ1) is 20.6. The van der Waals surface area contributed by atoms with Gasteiger partial charge in [0.25, 0.3) is 0 Å². The number of likely N-dealkylation sites (N-methyl/N-ethyl adjacent to an activating group) is 1. The number of anilines is 2. The number of hydrogen-bond acceptors (Lipinski definition) is 5. The lowest BCUT2D eigenvalue weighted by molar-refractivity contribution is -0.141. The average molecular weight is 440 g/mol. The number of fused-ring (bicyclic) bond motifs is 3. The van der Waals surface area contributed by atoms with Crippen LogP contribution in [0.4, 0.5) is 24.7 Å². The molecule has 0 bridgehead atoms. The lowest BCUT2D eigenvalue weighted by atomic mass is 10.1. The highest BCUT2D eigenvalue weighted by Crippen LogP contribution is 2.40. The molecule has 2 aromatic heterocycles. The van der Waals surface area contributed by atoms with Gasteiger partial charge in [0.05, 0.1) is 11.4 Å². The SMILES string of the molecule is C=C1c2ccc(N3CCN(C)CC3)cc2-n2nc(-c3ccnc(C(F)(F)F)c3)cc2N1C. The topological polar surface area (TPSA) is 40.4 Å². The zero-order valence-corrected chi connectivity index (χ0v) is 17.9. The van der Waals surface area contributed by atoms with Crippen molar-refractivity contribution in [1.29, 1.82) is 0 Å². The molecular formula is C23H23F3N6. The summed E-state index contributed by atoms with van der Waals surface area (Å²) in [7, 11) is 4.00. The molecule has 2 aliphatic rings. The van der Waals surface area contributed by atoms with Crippen LogP contribution in [0.25, 0.3) is 22.6 Å². The Kier molecular flexibility index (Phi) is 4.74. The first-order valence-electron chi connectivity index (χ1n) is 10.4. The fourth-order valence-corrected chi connectivity index (χ4v) is 4.19. The minimum Gasteiger partial charge on any atom is -0.369 e. The normalized spacial score (nSPS) is 16.8. The predicted molar refractivity (Wildman–Crippen MR) is 119 cm³/mol. The summed E-state index contributed by atoms with van der Waals surface area (Å²) in [5, 5.41) is 4.68. The van der Waals surface area contributed by atoms with Crippen molar-refractivity contribution in [3.63, 3.8) is 0 Å². The smallest absolute Gasteiger partial charge is 0.369 e. The number of alkyl halides is 3. The second-order valence-corrected chi connectivity index (χ2v) is 8.22. The lowest BCUT2D eigenvalue weighted by Gasteiger charge is -2.35. The highest BCUT2D eigenvalue weighted by molar-refractivity contribution is 5.87. The fraction of sp³-hybridized carbons (Fsp3) is 0.304. The molecule has 4 heterocycles. The summed E-state index contributed by atoms with van der Waals surface area (Å²) in [5.74, 6) is 0.749. The molecular weight excluding hydrogens is 417 g/mol. The van der Waals surface area contributed by atoms with Crippen molar-refractivity contribution in [1.82, 2.24) is 19.7 Å². The van der Waals surface area contributed by atoms with Crippen LogP contribution >= 0.6 is 0 Å². The third-order valence-corrected chi connectivity index (χ3v) is 6.17. The van der Waals surface area contributed by atoms with Crippen LogP contribution < -0.4 is 9.80 Å². The first-order valence-corrected chi connectivity index (χ1v) is 10.4. The highest BCUT2D eigenvalue weighted by Gasteiger charge is 2.33. The van der Waals surface area contributed by atoms with Gasteiger partial charge in [-0.1, -0.05) is 6.58 Å². The van der Waals surface area contributed by atoms with E-state index in [4.69, 9.17) is 0 Å². The van der Waals surface area contributed by atoms with Crippen LogP contribution in [-0.4, -0.2) is 59.9 Å². The first-order chi connectivity index (χ1) is 15.2. The van der Waals surface area contributed by atoms with Crippen LogP contribution in [0.3, 0.4) is 0 Å². The minimum absolute atomic E-state index is 0.366. The third-order valence-electron chi connectivity index (χ3n) is 6.17. The van der Waals surface area contributed by atoms with Gasteiger partial charge in [0.1, 0.15) is 11.5 Å². The maximum Gasteiger partial charge on any atom is 0.433 e. The maximum atomic E-state index is 13.2. The van der Waals surface area contributed by atoms with Gasteiger partial charge in [0, 0.05) is 68.0 Å². The molecule has 3 aromatic rings. The van der Waals surface area contributed by atoms with E-state index >= 15 is 0 Å². The highest BCUT2D eigenvalue weighted by atomic mass is 19.4. The molecule has 0 aliphatic carbocycles. The van der Waals surface area contributed by atoms with E-state index < -0.39 is 11.9 Å². The van der Waals surface area contributed by atoms with Gasteiger partial charge in [-0.2, -0.15) is 18.3 Å². The van der Waals surface area contributed by atoms with Crippen LogP contribution in [0.15, 0.2) is 49.2 Å². The van der Waals surface area contributed by atoms with Crippen LogP contribution in [0, 0.1) is 0 Å². The molecule has 2 aliphatic heterocycles. The van der Waals surface area contributed by atoms with Crippen LogP contribution in [0.1, 0.15) is 11.3 Å². The number of halogens is 3. The predicted octanol–water partition coefficient (Wildman–Crippen LogP) is 4.13. The molecule has 5 rings (SSSR count). The van der Waals surface area contributed by atoms with Crippen molar-refractivity contribution >= 4 is 17.2 Å². The van der Waals surface area contributed by atoms with Crippen LogP contribution in [0.2, 0.25) is 0 Å². The van der Waals surface area contributed by atoms with Crippen molar-refractivity contribution in [3.05, 3.63) is 60.4 Å². The van der Waals surface area contributed by atoms with E-state index in [1.807, 2.05) is 18.0 Å². The van der Waals surface area contributed by atoms with Crippen molar-refractivity contribution < 1.29 is 13.2 Å². The second-order valence-electron chi connectivity index (χ2n) is 8.22. The van der Waals surface area contributed by atoms with Gasteiger partial charge >= 0.3 is 6.18 Å².